The first kappa shape index (κ1) is 30.3. The topological polar surface area (TPSA) is 46.0 Å². The number of fused-ring (bicyclic) bond motifs is 4. The Hall–Kier alpha value is -6.72. The summed E-state index contributed by atoms with van der Waals surface area (Å²) in [5, 5.41) is 4.37. The Bertz CT molecular complexity index is 2810. The average Bonchev–Trinajstić information content (AvgIpc) is 3.72. The second kappa shape index (κ2) is 12.6. The van der Waals surface area contributed by atoms with Gasteiger partial charge < -0.3 is 13.9 Å². The Balaban J connectivity index is 1.26. The second-order valence-electron chi connectivity index (χ2n) is 12.7. The van der Waals surface area contributed by atoms with Crippen molar-refractivity contribution in [2.75, 3.05) is 7.05 Å². The molecule has 0 radical (unpaired) electrons. The van der Waals surface area contributed by atoms with Crippen molar-refractivity contribution < 1.29 is 4.42 Å². The predicted octanol–water partition coefficient (Wildman–Crippen LogP) is 9.46. The van der Waals surface area contributed by atoms with Crippen LogP contribution >= 0.6 is 0 Å². The second-order valence-corrected chi connectivity index (χ2v) is 12.7. The molecule has 0 saturated carbocycles. The molecule has 0 atom stereocenters. The van der Waals surface area contributed by atoms with Gasteiger partial charge in [0.25, 0.3) is 0 Å². The van der Waals surface area contributed by atoms with E-state index in [9.17, 15) is 0 Å². The summed E-state index contributed by atoms with van der Waals surface area (Å²) in [6.07, 6.45) is 6.04. The number of benzene rings is 6. The first-order valence-electron chi connectivity index (χ1n) is 17.2. The lowest BCUT2D eigenvalue weighted by Crippen LogP contribution is -2.37. The van der Waals surface area contributed by atoms with Gasteiger partial charge in [0.1, 0.15) is 22.7 Å². The SMILES string of the molecule is C\C=C/C=c1/oc2cc(-c3ccc4c5ccccc5n(-c5ccccc5)c4c3)ccc2/c1=C1\N=C(c2ccccc2)N=C(c2ccccc2)N1C. The molecule has 0 unspecified atom stereocenters. The van der Waals surface area contributed by atoms with Gasteiger partial charge in [0.15, 0.2) is 5.84 Å². The number of hydrogen-bond acceptors (Lipinski definition) is 4. The molecule has 0 N–H and O–H groups in total. The molecule has 0 fully saturated rings. The maximum Gasteiger partial charge on any atom is 0.163 e. The Morgan fingerprint density at radius 3 is 1.94 bits per heavy atom. The van der Waals surface area contributed by atoms with Gasteiger partial charge in [-0.05, 0) is 60.5 Å². The van der Waals surface area contributed by atoms with E-state index in [-0.39, 0.29) is 0 Å². The molecular weight excluding hydrogens is 625 g/mol. The summed E-state index contributed by atoms with van der Waals surface area (Å²) in [6.45, 7) is 2.01. The number of allylic oxidation sites excluding steroid dienone is 2. The van der Waals surface area contributed by atoms with E-state index in [4.69, 9.17) is 14.4 Å². The van der Waals surface area contributed by atoms with Crippen LogP contribution in [0.1, 0.15) is 18.1 Å². The van der Waals surface area contributed by atoms with Crippen molar-refractivity contribution in [3.8, 4) is 16.8 Å². The fraction of sp³-hybridized carbons (Fsp3) is 0.0435. The quantitative estimate of drug-likeness (QED) is 0.185. The highest BCUT2D eigenvalue weighted by Gasteiger charge is 2.24. The highest BCUT2D eigenvalue weighted by atomic mass is 16.3. The van der Waals surface area contributed by atoms with Crippen LogP contribution in [0, 0.1) is 0 Å². The summed E-state index contributed by atoms with van der Waals surface area (Å²) in [5.41, 5.74) is 9.19. The van der Waals surface area contributed by atoms with Crippen LogP contribution in [0.4, 0.5) is 0 Å². The van der Waals surface area contributed by atoms with Crippen molar-refractivity contribution in [3.63, 3.8) is 0 Å². The van der Waals surface area contributed by atoms with Crippen molar-refractivity contribution in [3.05, 3.63) is 186 Å². The van der Waals surface area contributed by atoms with Crippen LogP contribution < -0.4 is 10.6 Å². The van der Waals surface area contributed by atoms with E-state index in [1.165, 1.54) is 16.3 Å². The van der Waals surface area contributed by atoms with Crippen molar-refractivity contribution in [2.24, 2.45) is 9.98 Å². The molecule has 5 nitrogen and oxygen atoms in total. The van der Waals surface area contributed by atoms with Crippen LogP contribution in [-0.2, 0) is 0 Å². The lowest BCUT2D eigenvalue weighted by molar-refractivity contribution is 0.572. The van der Waals surface area contributed by atoms with Crippen molar-refractivity contribution in [2.45, 2.75) is 6.92 Å². The van der Waals surface area contributed by atoms with Gasteiger partial charge in [-0.25, -0.2) is 9.98 Å². The largest absolute Gasteiger partial charge is 0.456 e. The van der Waals surface area contributed by atoms with Crippen LogP contribution in [0.3, 0.4) is 0 Å². The molecule has 0 spiro atoms. The first-order valence-corrected chi connectivity index (χ1v) is 17.2. The summed E-state index contributed by atoms with van der Waals surface area (Å²) in [6, 6.07) is 52.9. The Morgan fingerprint density at radius 2 is 1.20 bits per heavy atom. The highest BCUT2D eigenvalue weighted by Crippen LogP contribution is 2.35. The van der Waals surface area contributed by atoms with Crippen LogP contribution in [0.5, 0.6) is 0 Å². The standard InChI is InChI=1S/C46H34N4O/c1-3-4-24-41-43(46-48-44(31-16-8-5-9-17-31)47-45(49(46)2)32-18-10-6-11-19-32)38-28-26-34(30-42(38)51-41)33-25-27-37-36-22-14-15-23-39(36)50(40(37)29-33)35-20-12-7-13-21-35/h3-30H,1-2H3/b4-3-,41-24+,46-43-. The van der Waals surface area contributed by atoms with Gasteiger partial charge in [-0.2, -0.15) is 0 Å². The van der Waals surface area contributed by atoms with Gasteiger partial charge in [-0.3, -0.25) is 0 Å². The molecule has 0 amide bonds. The molecule has 6 aromatic carbocycles. The minimum atomic E-state index is 0.660. The normalized spacial score (nSPS) is 14.9. The van der Waals surface area contributed by atoms with E-state index in [1.54, 1.807) is 0 Å². The van der Waals surface area contributed by atoms with Crippen molar-refractivity contribution in [1.29, 1.82) is 0 Å². The Morgan fingerprint density at radius 1 is 0.569 bits per heavy atom. The monoisotopic (exact) mass is 658 g/mol. The molecule has 1 aliphatic heterocycles. The van der Waals surface area contributed by atoms with E-state index in [2.05, 4.69) is 125 Å². The van der Waals surface area contributed by atoms with E-state index in [0.717, 1.165) is 66.7 Å². The average molecular weight is 659 g/mol. The molecule has 0 bridgehead atoms. The minimum absolute atomic E-state index is 0.660. The van der Waals surface area contributed by atoms with Gasteiger partial charge in [-0.1, -0.05) is 127 Å². The van der Waals surface area contributed by atoms with Gasteiger partial charge >= 0.3 is 0 Å². The molecule has 51 heavy (non-hydrogen) atoms. The zero-order valence-electron chi connectivity index (χ0n) is 28.4. The van der Waals surface area contributed by atoms with E-state index in [1.807, 2.05) is 68.6 Å². The van der Waals surface area contributed by atoms with Gasteiger partial charge in [0.2, 0.25) is 0 Å². The molecule has 3 heterocycles. The molecule has 2 aromatic heterocycles. The van der Waals surface area contributed by atoms with E-state index < -0.39 is 0 Å². The number of furan rings is 1. The van der Waals surface area contributed by atoms with E-state index in [0.29, 0.717) is 5.84 Å². The molecule has 0 aliphatic carbocycles. The molecule has 0 saturated heterocycles. The number of hydrogen-bond donors (Lipinski definition) is 0. The third kappa shape index (κ3) is 5.27. The van der Waals surface area contributed by atoms with Gasteiger partial charge in [0, 0.05) is 40.0 Å². The number of amidine groups is 2. The fourth-order valence-electron chi connectivity index (χ4n) is 7.09. The van der Waals surface area contributed by atoms with Crippen LogP contribution in [0.2, 0.25) is 0 Å². The van der Waals surface area contributed by atoms with E-state index >= 15 is 0 Å². The fourth-order valence-corrected chi connectivity index (χ4v) is 7.09. The smallest absolute Gasteiger partial charge is 0.163 e. The van der Waals surface area contributed by atoms with Crippen LogP contribution in [0.15, 0.2) is 178 Å². The molecule has 9 rings (SSSR count). The third-order valence-electron chi connectivity index (χ3n) is 9.53. The number of aliphatic imine (C=N–C) groups is 2. The summed E-state index contributed by atoms with van der Waals surface area (Å²) >= 11 is 0. The highest BCUT2D eigenvalue weighted by molar-refractivity contribution is 6.16. The zero-order valence-corrected chi connectivity index (χ0v) is 28.4. The number of para-hydroxylation sites is 2. The maximum atomic E-state index is 6.71. The molecule has 1 aliphatic rings. The maximum absolute atomic E-state index is 6.71. The Labute approximate surface area is 295 Å². The molecule has 5 heteroatoms. The summed E-state index contributed by atoms with van der Waals surface area (Å²) < 4.78 is 9.06. The third-order valence-corrected chi connectivity index (χ3v) is 9.53. The number of rotatable bonds is 5. The summed E-state index contributed by atoms with van der Waals surface area (Å²) in [7, 11) is 2.03. The lowest BCUT2D eigenvalue weighted by atomic mass is 10.0. The molecule has 244 valence electrons. The van der Waals surface area contributed by atoms with Crippen molar-refractivity contribution >= 4 is 56.3 Å². The molecular formula is C46H34N4O. The predicted molar refractivity (Wildman–Crippen MR) is 212 cm³/mol. The van der Waals surface area contributed by atoms with Crippen LogP contribution in [-0.4, -0.2) is 28.2 Å². The minimum Gasteiger partial charge on any atom is -0.456 e. The lowest BCUT2D eigenvalue weighted by Gasteiger charge is -2.26. The van der Waals surface area contributed by atoms with Gasteiger partial charge in [0.05, 0.1) is 16.3 Å². The number of aromatic nitrogens is 1. The summed E-state index contributed by atoms with van der Waals surface area (Å²) in [5.74, 6) is 2.26. The molecule has 8 aromatic rings. The zero-order chi connectivity index (χ0) is 34.3. The van der Waals surface area contributed by atoms with Crippen molar-refractivity contribution in [1.82, 2.24) is 9.47 Å². The summed E-state index contributed by atoms with van der Waals surface area (Å²) in [4.78, 5) is 12.4. The number of nitrogens with zero attached hydrogens (tertiary/aromatic N) is 4. The van der Waals surface area contributed by atoms with Gasteiger partial charge in [-0.15, -0.1) is 0 Å². The first-order chi connectivity index (χ1) is 25.2. The Kier molecular flexibility index (Phi) is 7.51. The van der Waals surface area contributed by atoms with Crippen LogP contribution in [0.25, 0.3) is 61.5 Å².